The highest BCUT2D eigenvalue weighted by Gasteiger charge is 2.36. The Balaban J connectivity index is 2.04. The van der Waals surface area contributed by atoms with Gasteiger partial charge >= 0.3 is 6.09 Å². The Bertz CT molecular complexity index is 587. The fourth-order valence-electron chi connectivity index (χ4n) is 1.89. The average molecular weight is 345 g/mol. The smallest absolute Gasteiger partial charge is 0.410 e. The van der Waals surface area contributed by atoms with Crippen molar-refractivity contribution in [3.63, 3.8) is 0 Å². The SMILES string of the molecule is CC(C)(C)OC(=O)N1CC(c2nc(N)[nH]c(=O)c2Br)C1. The summed E-state index contributed by atoms with van der Waals surface area (Å²) >= 11 is 3.20. The number of anilines is 1. The number of hydrogen-bond acceptors (Lipinski definition) is 5. The molecule has 8 heteroatoms. The molecule has 1 aromatic rings. The number of ether oxygens (including phenoxy) is 1. The lowest BCUT2D eigenvalue weighted by Crippen LogP contribution is -2.50. The summed E-state index contributed by atoms with van der Waals surface area (Å²) in [6.45, 7) is 6.38. The highest BCUT2D eigenvalue weighted by atomic mass is 79.9. The van der Waals surface area contributed by atoms with Crippen LogP contribution in [0.3, 0.4) is 0 Å². The molecule has 0 unspecified atom stereocenters. The lowest BCUT2D eigenvalue weighted by molar-refractivity contribution is 0.00781. The predicted molar refractivity (Wildman–Crippen MR) is 77.5 cm³/mol. The van der Waals surface area contributed by atoms with Crippen molar-refractivity contribution in [1.82, 2.24) is 14.9 Å². The minimum Gasteiger partial charge on any atom is -0.444 e. The Morgan fingerprint density at radius 2 is 2.10 bits per heavy atom. The molecule has 2 rings (SSSR count). The van der Waals surface area contributed by atoms with Crippen LogP contribution in [0.5, 0.6) is 0 Å². The summed E-state index contributed by atoms with van der Waals surface area (Å²) in [5.41, 5.74) is 5.27. The topological polar surface area (TPSA) is 101 Å². The van der Waals surface area contributed by atoms with Crippen LogP contribution in [0.2, 0.25) is 0 Å². The molecule has 1 aliphatic heterocycles. The number of likely N-dealkylation sites (tertiary alicyclic amines) is 1. The van der Waals surface area contributed by atoms with Gasteiger partial charge in [-0.25, -0.2) is 9.78 Å². The number of nitrogens with zero attached hydrogens (tertiary/aromatic N) is 2. The minimum atomic E-state index is -0.519. The third-order valence-corrected chi connectivity index (χ3v) is 3.59. The van der Waals surface area contributed by atoms with E-state index >= 15 is 0 Å². The number of H-pyrrole nitrogens is 1. The Labute approximate surface area is 124 Å². The third-order valence-electron chi connectivity index (χ3n) is 2.83. The van der Waals surface area contributed by atoms with Crippen LogP contribution in [-0.4, -0.2) is 39.7 Å². The van der Waals surface area contributed by atoms with Gasteiger partial charge in [-0.2, -0.15) is 0 Å². The molecule has 0 atom stereocenters. The number of aromatic amines is 1. The Kier molecular flexibility index (Phi) is 3.77. The molecule has 20 heavy (non-hydrogen) atoms. The number of carbonyl (C=O) groups excluding carboxylic acids is 1. The number of rotatable bonds is 1. The van der Waals surface area contributed by atoms with E-state index in [0.29, 0.717) is 23.3 Å². The van der Waals surface area contributed by atoms with Crippen molar-refractivity contribution in [1.29, 1.82) is 0 Å². The van der Waals surface area contributed by atoms with Crippen LogP contribution in [0, 0.1) is 0 Å². The van der Waals surface area contributed by atoms with Gasteiger partial charge in [-0.05, 0) is 36.7 Å². The van der Waals surface area contributed by atoms with Crippen LogP contribution in [0.15, 0.2) is 9.27 Å². The lowest BCUT2D eigenvalue weighted by Gasteiger charge is -2.39. The number of amides is 1. The molecular weight excluding hydrogens is 328 g/mol. The molecule has 1 aromatic heterocycles. The van der Waals surface area contributed by atoms with Gasteiger partial charge in [-0.15, -0.1) is 0 Å². The van der Waals surface area contributed by atoms with Gasteiger partial charge in [0, 0.05) is 19.0 Å². The summed E-state index contributed by atoms with van der Waals surface area (Å²) in [7, 11) is 0. The second-order valence-electron chi connectivity index (χ2n) is 5.73. The van der Waals surface area contributed by atoms with Crippen molar-refractivity contribution in [3.05, 3.63) is 20.5 Å². The number of nitrogens with one attached hydrogen (secondary N) is 1. The molecule has 1 aliphatic rings. The first-order chi connectivity index (χ1) is 9.17. The minimum absolute atomic E-state index is 0.0125. The quantitative estimate of drug-likeness (QED) is 0.802. The van der Waals surface area contributed by atoms with E-state index in [-0.39, 0.29) is 23.5 Å². The number of halogens is 1. The maximum absolute atomic E-state index is 11.8. The first-order valence-corrected chi connectivity index (χ1v) is 7.00. The fraction of sp³-hybridized carbons (Fsp3) is 0.583. The molecule has 1 saturated heterocycles. The van der Waals surface area contributed by atoms with E-state index in [1.165, 1.54) is 0 Å². The standard InChI is InChI=1S/C12H17BrN4O3/c1-12(2,3)20-11(19)17-4-6(5-17)8-7(13)9(18)16-10(14)15-8/h6H,4-5H2,1-3H3,(H3,14,15,16,18). The highest BCUT2D eigenvalue weighted by molar-refractivity contribution is 9.10. The fourth-order valence-corrected chi connectivity index (χ4v) is 2.40. The van der Waals surface area contributed by atoms with E-state index in [1.54, 1.807) is 4.90 Å². The lowest BCUT2D eigenvalue weighted by atomic mass is 9.96. The summed E-state index contributed by atoms with van der Waals surface area (Å²) < 4.78 is 5.63. The van der Waals surface area contributed by atoms with Crippen LogP contribution < -0.4 is 11.3 Å². The van der Waals surface area contributed by atoms with Gasteiger partial charge in [0.1, 0.15) is 10.1 Å². The zero-order valence-corrected chi connectivity index (χ0v) is 13.2. The maximum Gasteiger partial charge on any atom is 0.410 e. The summed E-state index contributed by atoms with van der Waals surface area (Å²) in [4.78, 5) is 31.5. The Morgan fingerprint density at radius 3 is 2.65 bits per heavy atom. The summed E-state index contributed by atoms with van der Waals surface area (Å²) in [6.07, 6.45) is -0.359. The van der Waals surface area contributed by atoms with Crippen LogP contribution in [0.25, 0.3) is 0 Å². The van der Waals surface area contributed by atoms with E-state index in [1.807, 2.05) is 20.8 Å². The molecule has 2 heterocycles. The zero-order valence-electron chi connectivity index (χ0n) is 11.6. The van der Waals surface area contributed by atoms with Gasteiger partial charge < -0.3 is 15.4 Å². The van der Waals surface area contributed by atoms with Crippen molar-refractivity contribution in [2.75, 3.05) is 18.8 Å². The molecule has 0 saturated carbocycles. The van der Waals surface area contributed by atoms with E-state index in [2.05, 4.69) is 25.9 Å². The molecule has 110 valence electrons. The Hall–Kier alpha value is -1.57. The van der Waals surface area contributed by atoms with Crippen molar-refractivity contribution < 1.29 is 9.53 Å². The van der Waals surface area contributed by atoms with E-state index in [4.69, 9.17) is 10.5 Å². The molecule has 1 amide bonds. The second-order valence-corrected chi connectivity index (χ2v) is 6.53. The molecule has 0 bridgehead atoms. The molecule has 3 N–H and O–H groups in total. The molecule has 0 aromatic carbocycles. The van der Waals surface area contributed by atoms with Gasteiger partial charge in [0.2, 0.25) is 5.95 Å². The average Bonchev–Trinajstić information content (AvgIpc) is 2.20. The van der Waals surface area contributed by atoms with Crippen LogP contribution >= 0.6 is 15.9 Å². The van der Waals surface area contributed by atoms with Crippen molar-refractivity contribution in [2.24, 2.45) is 0 Å². The van der Waals surface area contributed by atoms with Crippen LogP contribution in [0.4, 0.5) is 10.7 Å². The number of nitrogen functional groups attached to an aromatic ring is 1. The number of carbonyl (C=O) groups is 1. The first kappa shape index (κ1) is 14.8. The second kappa shape index (κ2) is 5.08. The van der Waals surface area contributed by atoms with Crippen LogP contribution in [0.1, 0.15) is 32.4 Å². The summed E-state index contributed by atoms with van der Waals surface area (Å²) in [5.74, 6) is 0.0606. The van der Waals surface area contributed by atoms with Gasteiger partial charge in [0.15, 0.2) is 0 Å². The van der Waals surface area contributed by atoms with Crippen molar-refractivity contribution in [2.45, 2.75) is 32.3 Å². The van der Waals surface area contributed by atoms with Crippen molar-refractivity contribution >= 4 is 28.0 Å². The van der Waals surface area contributed by atoms with Gasteiger partial charge in [-0.3, -0.25) is 9.78 Å². The summed E-state index contributed by atoms with van der Waals surface area (Å²) in [5, 5.41) is 0. The predicted octanol–water partition coefficient (Wildman–Crippen LogP) is 1.45. The normalized spacial score (nSPS) is 15.9. The monoisotopic (exact) mass is 344 g/mol. The third kappa shape index (κ3) is 3.12. The zero-order chi connectivity index (χ0) is 15.1. The highest BCUT2D eigenvalue weighted by Crippen LogP contribution is 2.30. The van der Waals surface area contributed by atoms with Crippen LogP contribution in [-0.2, 0) is 4.74 Å². The van der Waals surface area contributed by atoms with Crippen molar-refractivity contribution in [3.8, 4) is 0 Å². The molecular formula is C12H17BrN4O3. The van der Waals surface area contributed by atoms with Gasteiger partial charge in [0.25, 0.3) is 5.56 Å². The summed E-state index contributed by atoms with van der Waals surface area (Å²) in [6, 6.07) is 0. The largest absolute Gasteiger partial charge is 0.444 e. The maximum atomic E-state index is 11.8. The molecule has 0 radical (unpaired) electrons. The van der Waals surface area contributed by atoms with Gasteiger partial charge in [-0.1, -0.05) is 0 Å². The van der Waals surface area contributed by atoms with E-state index < -0.39 is 5.60 Å². The number of nitrogens with two attached hydrogens (primary N) is 1. The van der Waals surface area contributed by atoms with E-state index in [9.17, 15) is 9.59 Å². The van der Waals surface area contributed by atoms with Gasteiger partial charge in [0.05, 0.1) is 5.69 Å². The molecule has 0 spiro atoms. The van der Waals surface area contributed by atoms with E-state index in [0.717, 1.165) is 0 Å². The number of aromatic nitrogens is 2. The first-order valence-electron chi connectivity index (χ1n) is 6.20. The number of hydrogen-bond donors (Lipinski definition) is 2. The Morgan fingerprint density at radius 1 is 1.50 bits per heavy atom. The molecule has 1 fully saturated rings. The molecule has 0 aliphatic carbocycles. The molecule has 7 nitrogen and oxygen atoms in total.